The first kappa shape index (κ1) is 24.6. The number of carbonyl (C=O) groups excluding carboxylic acids is 1. The Balaban J connectivity index is 1.69. The average Bonchev–Trinajstić information content (AvgIpc) is 2.93. The van der Waals surface area contributed by atoms with E-state index in [-0.39, 0.29) is 39.0 Å². The number of aromatic nitrogens is 2. The third-order valence-corrected chi connectivity index (χ3v) is 7.80. The minimum atomic E-state index is -4.48. The molecule has 0 unspecified atom stereocenters. The Morgan fingerprint density at radius 3 is 2.53 bits per heavy atom. The van der Waals surface area contributed by atoms with Gasteiger partial charge in [0.15, 0.2) is 0 Å². The summed E-state index contributed by atoms with van der Waals surface area (Å²) >= 11 is 18.6. The topological polar surface area (TPSA) is 92.3 Å². The number of halogens is 5. The summed E-state index contributed by atoms with van der Waals surface area (Å²) in [6.07, 6.45) is 1.38. The number of fused-ring (bicyclic) bond motifs is 1. The van der Waals surface area contributed by atoms with Crippen molar-refractivity contribution in [1.82, 2.24) is 9.97 Å². The van der Waals surface area contributed by atoms with Crippen LogP contribution in [0, 0.1) is 11.8 Å². The summed E-state index contributed by atoms with van der Waals surface area (Å²) in [5.74, 6) is -2.71. The SMILES string of the molecule is CC1(C)C(=O)N(Cc2cc(F)c(S(=O)(=O)Nc3cccc(F)n3)cc2Cl)c2cnc(Cl)c(Cl)c21. The van der Waals surface area contributed by atoms with Gasteiger partial charge >= 0.3 is 0 Å². The van der Waals surface area contributed by atoms with Crippen molar-refractivity contribution in [3.63, 3.8) is 0 Å². The van der Waals surface area contributed by atoms with Crippen LogP contribution in [0.4, 0.5) is 20.3 Å². The smallest absolute Gasteiger partial charge is 0.266 e. The van der Waals surface area contributed by atoms with E-state index in [1.165, 1.54) is 23.2 Å². The molecule has 0 spiro atoms. The van der Waals surface area contributed by atoms with Crippen LogP contribution in [0.2, 0.25) is 15.2 Å². The Bertz CT molecular complexity index is 1450. The molecule has 178 valence electrons. The highest BCUT2D eigenvalue weighted by molar-refractivity contribution is 7.92. The molecule has 1 N–H and O–H groups in total. The van der Waals surface area contributed by atoms with Gasteiger partial charge in [-0.3, -0.25) is 9.52 Å². The lowest BCUT2D eigenvalue weighted by Gasteiger charge is -2.21. The van der Waals surface area contributed by atoms with Crippen LogP contribution in [0.5, 0.6) is 0 Å². The van der Waals surface area contributed by atoms with Gasteiger partial charge < -0.3 is 4.90 Å². The van der Waals surface area contributed by atoms with Crippen molar-refractivity contribution in [2.45, 2.75) is 30.7 Å². The van der Waals surface area contributed by atoms with E-state index in [4.69, 9.17) is 34.8 Å². The van der Waals surface area contributed by atoms with Crippen molar-refractivity contribution in [3.8, 4) is 0 Å². The molecule has 0 fully saturated rings. The second-order valence-electron chi connectivity index (χ2n) is 7.96. The van der Waals surface area contributed by atoms with E-state index in [0.717, 1.165) is 18.2 Å². The number of rotatable bonds is 5. The molecular weight excluding hydrogens is 533 g/mol. The molecule has 7 nitrogen and oxygen atoms in total. The van der Waals surface area contributed by atoms with Crippen LogP contribution in [0.25, 0.3) is 0 Å². The van der Waals surface area contributed by atoms with Gasteiger partial charge in [-0.2, -0.15) is 4.39 Å². The summed E-state index contributed by atoms with van der Waals surface area (Å²) in [5, 5.41) is 0.0684. The molecule has 0 saturated heterocycles. The van der Waals surface area contributed by atoms with Gasteiger partial charge in [-0.1, -0.05) is 40.9 Å². The first-order valence-electron chi connectivity index (χ1n) is 9.62. The molecule has 0 radical (unpaired) electrons. The lowest BCUT2D eigenvalue weighted by molar-refractivity contribution is -0.122. The Labute approximate surface area is 208 Å². The van der Waals surface area contributed by atoms with Crippen molar-refractivity contribution in [2.24, 2.45) is 0 Å². The predicted molar refractivity (Wildman–Crippen MR) is 125 cm³/mol. The second kappa shape index (κ2) is 8.60. The van der Waals surface area contributed by atoms with Crippen molar-refractivity contribution in [1.29, 1.82) is 0 Å². The number of pyridine rings is 2. The highest BCUT2D eigenvalue weighted by atomic mass is 35.5. The molecule has 2 aromatic heterocycles. The number of nitrogens with zero attached hydrogens (tertiary/aromatic N) is 3. The zero-order valence-corrected chi connectivity index (χ0v) is 20.6. The maximum atomic E-state index is 14.9. The van der Waals surface area contributed by atoms with Crippen LogP contribution in [0.15, 0.2) is 41.4 Å². The van der Waals surface area contributed by atoms with Crippen LogP contribution in [0.3, 0.4) is 0 Å². The first-order valence-corrected chi connectivity index (χ1v) is 12.2. The normalized spacial score (nSPS) is 14.9. The summed E-state index contributed by atoms with van der Waals surface area (Å²) < 4.78 is 55.5. The fourth-order valence-electron chi connectivity index (χ4n) is 3.69. The molecule has 0 bridgehead atoms. The fraction of sp³-hybridized carbons (Fsp3) is 0.190. The summed E-state index contributed by atoms with van der Waals surface area (Å²) in [6.45, 7) is 3.16. The first-order chi connectivity index (χ1) is 15.8. The summed E-state index contributed by atoms with van der Waals surface area (Å²) in [6, 6.07) is 5.30. The van der Waals surface area contributed by atoms with E-state index in [1.54, 1.807) is 13.8 Å². The predicted octanol–water partition coefficient (Wildman–Crippen LogP) is 5.34. The van der Waals surface area contributed by atoms with E-state index in [1.807, 2.05) is 4.72 Å². The number of nitrogens with one attached hydrogen (secondary N) is 1. The molecule has 13 heteroatoms. The number of amides is 1. The molecule has 0 aliphatic carbocycles. The van der Waals surface area contributed by atoms with Gasteiger partial charge in [0.25, 0.3) is 10.0 Å². The molecule has 1 amide bonds. The van der Waals surface area contributed by atoms with Gasteiger partial charge in [0.1, 0.15) is 21.7 Å². The number of hydrogen-bond acceptors (Lipinski definition) is 5. The van der Waals surface area contributed by atoms with Gasteiger partial charge in [0, 0.05) is 10.6 Å². The fourth-order valence-corrected chi connectivity index (χ4v) is 5.59. The number of anilines is 2. The standard InChI is InChI=1S/C21H15Cl3F2N4O3S/c1-21(2)17-13(8-27-19(24)18(17)23)30(20(21)31)9-10-6-12(25)14(7-11(10)22)34(32,33)29-16-5-3-4-15(26)28-16/h3-8H,9H2,1-2H3,(H,28,29). The molecule has 3 heterocycles. The maximum absolute atomic E-state index is 14.9. The lowest BCUT2D eigenvalue weighted by Crippen LogP contribution is -2.36. The van der Waals surface area contributed by atoms with E-state index >= 15 is 0 Å². The molecule has 3 aromatic rings. The van der Waals surface area contributed by atoms with E-state index in [9.17, 15) is 22.0 Å². The molecule has 1 aromatic carbocycles. The van der Waals surface area contributed by atoms with E-state index in [2.05, 4.69) is 9.97 Å². The Morgan fingerprint density at radius 1 is 1.15 bits per heavy atom. The van der Waals surface area contributed by atoms with E-state index in [0.29, 0.717) is 11.3 Å². The molecule has 0 atom stereocenters. The highest BCUT2D eigenvalue weighted by Gasteiger charge is 2.46. The van der Waals surface area contributed by atoms with Crippen molar-refractivity contribution in [3.05, 3.63) is 74.6 Å². The van der Waals surface area contributed by atoms with Crippen molar-refractivity contribution < 1.29 is 22.0 Å². The summed E-state index contributed by atoms with van der Waals surface area (Å²) in [7, 11) is -4.48. The van der Waals surface area contributed by atoms with Gasteiger partial charge in [0.05, 0.1) is 28.9 Å². The molecular formula is C21H15Cl3F2N4O3S. The van der Waals surface area contributed by atoms with Crippen LogP contribution in [-0.2, 0) is 26.8 Å². The lowest BCUT2D eigenvalue weighted by atomic mass is 9.87. The highest BCUT2D eigenvalue weighted by Crippen LogP contribution is 2.47. The summed E-state index contributed by atoms with van der Waals surface area (Å²) in [5.41, 5.74) is -0.0296. The number of benzene rings is 1. The third kappa shape index (κ3) is 4.19. The minimum absolute atomic E-state index is 0.0436. The molecule has 1 aliphatic heterocycles. The van der Waals surface area contributed by atoms with Crippen molar-refractivity contribution >= 4 is 62.2 Å². The minimum Gasteiger partial charge on any atom is -0.305 e. The van der Waals surface area contributed by atoms with Crippen molar-refractivity contribution in [2.75, 3.05) is 9.62 Å². The van der Waals surface area contributed by atoms with Crippen LogP contribution in [-0.4, -0.2) is 24.3 Å². The zero-order chi connectivity index (χ0) is 25.0. The van der Waals surface area contributed by atoms with Gasteiger partial charge in [-0.15, -0.1) is 0 Å². The Kier molecular flexibility index (Phi) is 6.22. The van der Waals surface area contributed by atoms with Gasteiger partial charge in [-0.05, 0) is 43.7 Å². The molecule has 1 aliphatic rings. The average molecular weight is 548 g/mol. The van der Waals surface area contributed by atoms with Crippen LogP contribution >= 0.6 is 34.8 Å². The second-order valence-corrected chi connectivity index (χ2v) is 10.8. The molecule has 0 saturated carbocycles. The monoisotopic (exact) mass is 546 g/mol. The number of carbonyl (C=O) groups is 1. The largest absolute Gasteiger partial charge is 0.305 e. The van der Waals surface area contributed by atoms with Gasteiger partial charge in [0.2, 0.25) is 11.9 Å². The summed E-state index contributed by atoms with van der Waals surface area (Å²) in [4.78, 5) is 21.1. The molecule has 34 heavy (non-hydrogen) atoms. The number of hydrogen-bond donors (Lipinski definition) is 1. The maximum Gasteiger partial charge on any atom is 0.266 e. The van der Waals surface area contributed by atoms with E-state index < -0.39 is 32.1 Å². The zero-order valence-electron chi connectivity index (χ0n) is 17.5. The molecule has 4 rings (SSSR count). The van der Waals surface area contributed by atoms with Crippen LogP contribution in [0.1, 0.15) is 25.0 Å². The Hall–Kier alpha value is -2.53. The third-order valence-electron chi connectivity index (χ3n) is 5.33. The number of sulfonamides is 1. The Morgan fingerprint density at radius 2 is 1.85 bits per heavy atom. The van der Waals surface area contributed by atoms with Gasteiger partial charge in [-0.25, -0.2) is 22.8 Å². The quantitative estimate of drug-likeness (QED) is 0.435. The van der Waals surface area contributed by atoms with Crippen LogP contribution < -0.4 is 9.62 Å².